The fourth-order valence-electron chi connectivity index (χ4n) is 3.22. The van der Waals surface area contributed by atoms with Crippen molar-refractivity contribution < 1.29 is 9.47 Å². The molecule has 1 aromatic heterocycles. The van der Waals surface area contributed by atoms with Gasteiger partial charge < -0.3 is 14.5 Å². The van der Waals surface area contributed by atoms with Gasteiger partial charge in [0.05, 0.1) is 5.69 Å². The van der Waals surface area contributed by atoms with Crippen LogP contribution in [0.15, 0.2) is 88.8 Å². The second-order valence-electron chi connectivity index (χ2n) is 7.15. The Morgan fingerprint density at radius 2 is 1.45 bits per heavy atom. The molecule has 7 heteroatoms. The average Bonchev–Trinajstić information content (AvgIpc) is 2.87. The maximum atomic E-state index is 12.4. The first-order valence-corrected chi connectivity index (χ1v) is 11.5. The van der Waals surface area contributed by atoms with E-state index in [1.54, 1.807) is 18.2 Å². The van der Waals surface area contributed by atoms with Crippen molar-refractivity contribution in [3.8, 4) is 28.8 Å². The Morgan fingerprint density at radius 3 is 1.94 bits per heavy atom. The summed E-state index contributed by atoms with van der Waals surface area (Å²) >= 11 is 1.30. The number of nitrogens with one attached hydrogen (secondary N) is 1. The third-order valence-electron chi connectivity index (χ3n) is 4.85. The highest BCUT2D eigenvalue weighted by atomic mass is 32.2. The quantitative estimate of drug-likeness (QED) is 0.291. The van der Waals surface area contributed by atoms with Crippen molar-refractivity contribution >= 4 is 11.8 Å². The number of aromatic amines is 1. The number of ether oxygens (including phenoxy) is 2. The molecule has 0 fully saturated rings. The van der Waals surface area contributed by atoms with Crippen LogP contribution in [0.25, 0.3) is 11.3 Å². The van der Waals surface area contributed by atoms with Gasteiger partial charge in [0.2, 0.25) is 0 Å². The maximum absolute atomic E-state index is 12.4. The van der Waals surface area contributed by atoms with Crippen LogP contribution in [-0.4, -0.2) is 16.2 Å². The summed E-state index contributed by atoms with van der Waals surface area (Å²) < 4.78 is 12.1. The second kappa shape index (κ2) is 10.5. The largest absolute Gasteiger partial charge is 0.489 e. The number of hydrogen-bond donors (Lipinski definition) is 1. The predicted octanol–water partition coefficient (Wildman–Crippen LogP) is 5.19. The summed E-state index contributed by atoms with van der Waals surface area (Å²) in [5.41, 5.74) is 2.37. The molecule has 0 saturated carbocycles. The number of aromatic nitrogens is 2. The topological polar surface area (TPSA) is 88.0 Å². The van der Waals surface area contributed by atoms with E-state index in [-0.39, 0.29) is 5.56 Å². The van der Waals surface area contributed by atoms with Gasteiger partial charge in [0.15, 0.2) is 5.16 Å². The van der Waals surface area contributed by atoms with Crippen molar-refractivity contribution in [3.05, 3.63) is 106 Å². The number of thioether (sulfide) groups is 1. The third-order valence-corrected chi connectivity index (χ3v) is 5.43. The number of nitrogens with zero attached hydrogens (tertiary/aromatic N) is 2. The van der Waals surface area contributed by atoms with Crippen molar-refractivity contribution in [3.63, 3.8) is 0 Å². The normalized spacial score (nSPS) is 10.4. The lowest BCUT2D eigenvalue weighted by atomic mass is 10.1. The fraction of sp³-hybridized carbons (Fsp3) is 0.115. The van der Waals surface area contributed by atoms with Crippen molar-refractivity contribution in [1.82, 2.24) is 9.97 Å². The van der Waals surface area contributed by atoms with Crippen LogP contribution < -0.4 is 15.0 Å². The first-order valence-electron chi connectivity index (χ1n) is 10.2. The van der Waals surface area contributed by atoms with E-state index in [1.807, 2.05) is 73.0 Å². The molecule has 1 heterocycles. The molecule has 6 nitrogen and oxygen atoms in total. The molecule has 33 heavy (non-hydrogen) atoms. The molecule has 0 aliphatic rings. The highest BCUT2D eigenvalue weighted by Crippen LogP contribution is 2.31. The Hall–Kier alpha value is -4.02. The minimum Gasteiger partial charge on any atom is -0.489 e. The summed E-state index contributed by atoms with van der Waals surface area (Å²) in [6.45, 7) is 0.735. The Morgan fingerprint density at radius 1 is 0.909 bits per heavy atom. The average molecular weight is 456 g/mol. The molecular weight excluding hydrogens is 434 g/mol. The zero-order valence-electron chi connectivity index (χ0n) is 17.9. The molecule has 0 aliphatic heterocycles. The monoisotopic (exact) mass is 455 g/mol. The first-order chi connectivity index (χ1) is 16.2. The van der Waals surface area contributed by atoms with Gasteiger partial charge in [-0.3, -0.25) is 4.79 Å². The molecule has 4 aromatic rings. The molecule has 0 radical (unpaired) electrons. The van der Waals surface area contributed by atoms with E-state index in [0.29, 0.717) is 41.1 Å². The number of benzene rings is 3. The molecular formula is C26H21N3O3S. The van der Waals surface area contributed by atoms with Gasteiger partial charge in [-0.2, -0.15) is 5.26 Å². The summed E-state index contributed by atoms with van der Waals surface area (Å²) in [7, 11) is 0. The summed E-state index contributed by atoms with van der Waals surface area (Å²) in [5, 5.41) is 10.0. The van der Waals surface area contributed by atoms with Crippen LogP contribution in [-0.2, 0) is 13.2 Å². The minimum absolute atomic E-state index is 0.0537. The zero-order valence-corrected chi connectivity index (χ0v) is 18.8. The Kier molecular flexibility index (Phi) is 7.08. The van der Waals surface area contributed by atoms with Crippen LogP contribution in [0.3, 0.4) is 0 Å². The van der Waals surface area contributed by atoms with E-state index in [1.165, 1.54) is 11.8 Å². The molecule has 3 aromatic carbocycles. The van der Waals surface area contributed by atoms with E-state index in [0.717, 1.165) is 11.1 Å². The van der Waals surface area contributed by atoms with E-state index >= 15 is 0 Å². The van der Waals surface area contributed by atoms with Gasteiger partial charge in [0, 0.05) is 11.6 Å². The maximum Gasteiger partial charge on any atom is 0.270 e. The van der Waals surface area contributed by atoms with E-state index < -0.39 is 5.56 Å². The van der Waals surface area contributed by atoms with E-state index in [4.69, 9.17) is 9.47 Å². The molecule has 1 N–H and O–H groups in total. The predicted molar refractivity (Wildman–Crippen MR) is 128 cm³/mol. The Bertz CT molecular complexity index is 1270. The van der Waals surface area contributed by atoms with Crippen molar-refractivity contribution in [1.29, 1.82) is 5.26 Å². The second-order valence-corrected chi connectivity index (χ2v) is 7.95. The molecule has 164 valence electrons. The summed E-state index contributed by atoms with van der Waals surface area (Å²) in [6.07, 6.45) is 1.81. The SMILES string of the molecule is CSc1nc(-c2cc(OCc3ccccc3)cc(OCc3ccccc3)c2)c(C#N)c(=O)[nH]1. The van der Waals surface area contributed by atoms with E-state index in [2.05, 4.69) is 9.97 Å². The lowest BCUT2D eigenvalue weighted by molar-refractivity contribution is 0.290. The van der Waals surface area contributed by atoms with Crippen molar-refractivity contribution in [2.75, 3.05) is 6.26 Å². The number of rotatable bonds is 8. The summed E-state index contributed by atoms with van der Waals surface area (Å²) in [4.78, 5) is 19.5. The lowest BCUT2D eigenvalue weighted by Gasteiger charge is -2.13. The van der Waals surface area contributed by atoms with Gasteiger partial charge in [0.1, 0.15) is 36.3 Å². The van der Waals surface area contributed by atoms with Crippen molar-refractivity contribution in [2.45, 2.75) is 18.4 Å². The molecule has 0 spiro atoms. The highest BCUT2D eigenvalue weighted by Gasteiger charge is 2.16. The fourth-order valence-corrected chi connectivity index (χ4v) is 3.60. The molecule has 0 aliphatic carbocycles. The smallest absolute Gasteiger partial charge is 0.270 e. The summed E-state index contributed by atoms with van der Waals surface area (Å²) in [6, 6.07) is 26.9. The van der Waals surface area contributed by atoms with Crippen LogP contribution in [0, 0.1) is 11.3 Å². The first kappa shape index (κ1) is 22.2. The third kappa shape index (κ3) is 5.62. The van der Waals surface area contributed by atoms with Crippen LogP contribution >= 0.6 is 11.8 Å². The summed E-state index contributed by atoms with van der Waals surface area (Å²) in [5.74, 6) is 1.10. The van der Waals surface area contributed by atoms with Gasteiger partial charge in [0.25, 0.3) is 5.56 Å². The van der Waals surface area contributed by atoms with Crippen LogP contribution in [0.2, 0.25) is 0 Å². The van der Waals surface area contributed by atoms with Crippen LogP contribution in [0.1, 0.15) is 16.7 Å². The molecule has 0 atom stereocenters. The van der Waals surface area contributed by atoms with Crippen LogP contribution in [0.4, 0.5) is 0 Å². The lowest BCUT2D eigenvalue weighted by Crippen LogP contribution is -2.14. The molecule has 0 amide bonds. The van der Waals surface area contributed by atoms with Gasteiger partial charge >= 0.3 is 0 Å². The number of H-pyrrole nitrogens is 1. The number of nitriles is 1. The van der Waals surface area contributed by atoms with Gasteiger partial charge in [-0.1, -0.05) is 72.4 Å². The Balaban J connectivity index is 1.71. The Labute approximate surface area is 195 Å². The molecule has 0 bridgehead atoms. The van der Waals surface area contributed by atoms with Gasteiger partial charge in [-0.15, -0.1) is 0 Å². The standard InChI is InChI=1S/C26H21N3O3S/c1-33-26-28-24(23(15-27)25(30)29-26)20-12-21(31-16-18-8-4-2-5-9-18)14-22(13-20)32-17-19-10-6-3-7-11-19/h2-14H,16-17H2,1H3,(H,28,29,30). The zero-order chi connectivity index (χ0) is 23.0. The van der Waals surface area contributed by atoms with Crippen molar-refractivity contribution in [2.24, 2.45) is 0 Å². The molecule has 0 saturated heterocycles. The van der Waals surface area contributed by atoms with Gasteiger partial charge in [-0.05, 0) is 29.5 Å². The van der Waals surface area contributed by atoms with Gasteiger partial charge in [-0.25, -0.2) is 4.98 Å². The molecule has 4 rings (SSSR count). The van der Waals surface area contributed by atoms with Crippen LogP contribution in [0.5, 0.6) is 11.5 Å². The highest BCUT2D eigenvalue weighted by molar-refractivity contribution is 7.98. The molecule has 0 unspecified atom stereocenters. The van der Waals surface area contributed by atoms with E-state index in [9.17, 15) is 10.1 Å². The number of hydrogen-bond acceptors (Lipinski definition) is 6. The minimum atomic E-state index is -0.478.